The first kappa shape index (κ1) is 35.6. The minimum absolute atomic E-state index is 0. The van der Waals surface area contributed by atoms with E-state index in [1.165, 1.54) is 12.1 Å². The van der Waals surface area contributed by atoms with Crippen molar-refractivity contribution in [1.82, 2.24) is 19.7 Å². The van der Waals surface area contributed by atoms with Gasteiger partial charge in [0.1, 0.15) is 17.3 Å². The zero-order chi connectivity index (χ0) is 32.1. The number of alkyl halides is 1. The van der Waals surface area contributed by atoms with Gasteiger partial charge in [-0.2, -0.15) is 5.10 Å². The molecule has 0 aliphatic rings. The fourth-order valence-electron chi connectivity index (χ4n) is 6.09. The van der Waals surface area contributed by atoms with Crippen molar-refractivity contribution in [2.45, 2.75) is 52.0 Å². The van der Waals surface area contributed by atoms with Crippen LogP contribution in [0.15, 0.2) is 48.5 Å². The Hall–Kier alpha value is -3.30. The largest absolute Gasteiger partial charge is 0.493 e. The number of aryl methyl sites for hydroxylation is 3. The quantitative estimate of drug-likeness (QED) is 0.0718. The van der Waals surface area contributed by atoms with Crippen molar-refractivity contribution in [3.63, 3.8) is 0 Å². The van der Waals surface area contributed by atoms with Crippen molar-refractivity contribution in [2.24, 2.45) is 7.05 Å². The molecule has 2 heterocycles. The van der Waals surface area contributed by atoms with Gasteiger partial charge in [0.05, 0.1) is 35.3 Å². The third kappa shape index (κ3) is 7.15. The molecule has 0 radical (unpaired) electrons. The number of unbranched alkanes of at least 4 members (excludes halogenated alkanes) is 1. The molecule has 0 bridgehead atoms. The molecule has 7 nitrogen and oxygen atoms in total. The van der Waals surface area contributed by atoms with Crippen LogP contribution in [-0.4, -0.2) is 47.1 Å². The summed E-state index contributed by atoms with van der Waals surface area (Å²) in [6, 6.07) is 14.2. The molecule has 1 N–H and O–H groups in total. The number of carbonyl (C=O) groups excluding carboxylic acids is 1. The van der Waals surface area contributed by atoms with Crippen molar-refractivity contribution in [2.75, 3.05) is 26.8 Å². The normalized spacial score (nSPS) is 11.3. The van der Waals surface area contributed by atoms with Crippen molar-refractivity contribution in [3.8, 4) is 16.9 Å². The molecule has 0 saturated heterocycles. The van der Waals surface area contributed by atoms with E-state index in [0.717, 1.165) is 69.1 Å². The zero-order valence-corrected chi connectivity index (χ0v) is 28.9. The summed E-state index contributed by atoms with van der Waals surface area (Å²) in [5.41, 5.74) is 5.68. The molecule has 0 amide bonds. The highest BCUT2D eigenvalue weighted by atomic mass is 35.5. The Morgan fingerprint density at radius 3 is 2.59 bits per heavy atom. The number of benzene rings is 3. The van der Waals surface area contributed by atoms with Crippen LogP contribution in [0.3, 0.4) is 0 Å². The number of esters is 1. The molecule has 246 valence electrons. The lowest BCUT2D eigenvalue weighted by atomic mass is 9.98. The lowest BCUT2D eigenvalue weighted by Gasteiger charge is -2.15. The predicted octanol–water partition coefficient (Wildman–Crippen LogP) is 8.64. The summed E-state index contributed by atoms with van der Waals surface area (Å²) >= 11 is 13.4. The SMILES string of the molecule is CCOC(=O)c1c(CCCOc2cccc3cc(F)ccc23)c2ccc(Cl)c(-c3c(CCl)nn(C)c3C)c2n1CCCCNC.Cl. The van der Waals surface area contributed by atoms with Gasteiger partial charge in [-0.1, -0.05) is 29.8 Å². The monoisotopic (exact) mass is 688 g/mol. The van der Waals surface area contributed by atoms with Gasteiger partial charge in [0.25, 0.3) is 0 Å². The van der Waals surface area contributed by atoms with Crippen LogP contribution in [0.4, 0.5) is 4.39 Å². The second kappa shape index (κ2) is 16.0. The van der Waals surface area contributed by atoms with Crippen LogP contribution < -0.4 is 10.1 Å². The number of hydrogen-bond acceptors (Lipinski definition) is 5. The van der Waals surface area contributed by atoms with E-state index in [2.05, 4.69) is 15.0 Å². The van der Waals surface area contributed by atoms with Gasteiger partial charge in [-0.05, 0) is 94.4 Å². The lowest BCUT2D eigenvalue weighted by molar-refractivity contribution is 0.0512. The molecular weight excluding hydrogens is 650 g/mol. The Bertz CT molecular complexity index is 1840. The average Bonchev–Trinajstić information content (AvgIpc) is 3.50. The van der Waals surface area contributed by atoms with E-state index in [0.29, 0.717) is 42.5 Å². The Balaban J connectivity index is 0.00000480. The summed E-state index contributed by atoms with van der Waals surface area (Å²) in [4.78, 5) is 13.7. The van der Waals surface area contributed by atoms with Gasteiger partial charge in [0, 0.05) is 41.2 Å². The van der Waals surface area contributed by atoms with Crippen molar-refractivity contribution < 1.29 is 18.7 Å². The molecule has 2 aromatic heterocycles. The summed E-state index contributed by atoms with van der Waals surface area (Å²) in [6.45, 7) is 5.96. The highest BCUT2D eigenvalue weighted by Gasteiger charge is 2.29. The second-order valence-electron chi connectivity index (χ2n) is 11.1. The van der Waals surface area contributed by atoms with E-state index < -0.39 is 0 Å². The maximum absolute atomic E-state index is 13.8. The molecule has 0 aliphatic heterocycles. The van der Waals surface area contributed by atoms with Crippen LogP contribution in [0.5, 0.6) is 5.75 Å². The van der Waals surface area contributed by atoms with Crippen molar-refractivity contribution in [1.29, 1.82) is 0 Å². The molecule has 11 heteroatoms. The first-order chi connectivity index (χ1) is 21.8. The van der Waals surface area contributed by atoms with Crippen LogP contribution in [-0.2, 0) is 30.6 Å². The van der Waals surface area contributed by atoms with Gasteiger partial charge in [-0.15, -0.1) is 24.0 Å². The fourth-order valence-corrected chi connectivity index (χ4v) is 6.52. The zero-order valence-electron chi connectivity index (χ0n) is 26.6. The van der Waals surface area contributed by atoms with Gasteiger partial charge in [-0.3, -0.25) is 4.68 Å². The summed E-state index contributed by atoms with van der Waals surface area (Å²) in [5.74, 6) is 0.270. The summed E-state index contributed by atoms with van der Waals surface area (Å²) in [7, 11) is 3.82. The summed E-state index contributed by atoms with van der Waals surface area (Å²) in [5, 5.41) is 11.0. The number of ether oxygens (including phenoxy) is 2. The van der Waals surface area contributed by atoms with Gasteiger partial charge < -0.3 is 19.4 Å². The number of fused-ring (bicyclic) bond motifs is 2. The average molecular weight is 690 g/mol. The maximum atomic E-state index is 13.8. The molecule has 0 saturated carbocycles. The van der Waals surface area contributed by atoms with Gasteiger partial charge in [0.2, 0.25) is 0 Å². The molecule has 5 aromatic rings. The molecule has 46 heavy (non-hydrogen) atoms. The standard InChI is InChI=1S/C35H39Cl2FN4O3.ClH/c1-5-44-35(43)34-26(11-9-19-45-30-12-8-10-23-20-24(38)13-14-25(23)30)27-15-16-28(37)32(31-22(2)41(4)40-29(31)21-36)33(27)42(34)18-7-6-17-39-3;/h8,10,12-16,20,39H,5-7,9,11,17-19,21H2,1-4H3;1H. The number of rotatable bonds is 14. The Morgan fingerprint density at radius 2 is 1.85 bits per heavy atom. The summed E-state index contributed by atoms with van der Waals surface area (Å²) in [6.07, 6.45) is 3.00. The van der Waals surface area contributed by atoms with Gasteiger partial charge in [-0.25, -0.2) is 9.18 Å². The molecule has 0 spiro atoms. The second-order valence-corrected chi connectivity index (χ2v) is 11.7. The van der Waals surface area contributed by atoms with Crippen molar-refractivity contribution in [3.05, 3.63) is 82.0 Å². The Kier molecular flexibility index (Phi) is 12.4. The Labute approximate surface area is 285 Å². The van der Waals surface area contributed by atoms with Crippen LogP contribution in [0.1, 0.15) is 53.6 Å². The molecule has 0 fully saturated rings. The molecule has 0 unspecified atom stereocenters. The van der Waals surface area contributed by atoms with E-state index in [-0.39, 0.29) is 36.7 Å². The number of hydrogen-bond donors (Lipinski definition) is 1. The van der Waals surface area contributed by atoms with Gasteiger partial charge >= 0.3 is 5.97 Å². The Morgan fingerprint density at radius 1 is 1.07 bits per heavy atom. The van der Waals surface area contributed by atoms with Crippen LogP contribution in [0.25, 0.3) is 32.8 Å². The van der Waals surface area contributed by atoms with Crippen molar-refractivity contribution >= 4 is 63.3 Å². The summed E-state index contributed by atoms with van der Waals surface area (Å²) < 4.78 is 29.5. The topological polar surface area (TPSA) is 70.3 Å². The molecule has 3 aromatic carbocycles. The van der Waals surface area contributed by atoms with E-state index in [1.54, 1.807) is 6.07 Å². The number of aromatic nitrogens is 3. The smallest absolute Gasteiger partial charge is 0.355 e. The molecule has 0 atom stereocenters. The van der Waals surface area contributed by atoms with E-state index >= 15 is 0 Å². The fraction of sp³-hybridized carbons (Fsp3) is 0.371. The van der Waals surface area contributed by atoms with E-state index in [9.17, 15) is 9.18 Å². The highest BCUT2D eigenvalue weighted by molar-refractivity contribution is 6.35. The van der Waals surface area contributed by atoms with Crippen LogP contribution >= 0.6 is 35.6 Å². The first-order valence-corrected chi connectivity index (χ1v) is 16.3. The molecule has 0 aliphatic carbocycles. The minimum atomic E-state index is -0.364. The first-order valence-electron chi connectivity index (χ1n) is 15.4. The minimum Gasteiger partial charge on any atom is -0.493 e. The predicted molar refractivity (Wildman–Crippen MR) is 188 cm³/mol. The van der Waals surface area contributed by atoms with E-state index in [4.69, 9.17) is 32.7 Å². The third-order valence-corrected chi connectivity index (χ3v) is 8.79. The molecule has 5 rings (SSSR count). The number of nitrogens with zero attached hydrogens (tertiary/aromatic N) is 3. The highest BCUT2D eigenvalue weighted by Crippen LogP contribution is 2.43. The van der Waals surface area contributed by atoms with Gasteiger partial charge in [0.15, 0.2) is 0 Å². The number of carbonyl (C=O) groups is 1. The molecular formula is C35H40Cl3FN4O3. The number of halogens is 4. The van der Waals surface area contributed by atoms with E-state index in [1.807, 2.05) is 63.0 Å². The number of nitrogens with one attached hydrogen (secondary N) is 1. The lowest BCUT2D eigenvalue weighted by Crippen LogP contribution is -2.16. The van der Waals surface area contributed by atoms with Crippen LogP contribution in [0.2, 0.25) is 5.02 Å². The third-order valence-electron chi connectivity index (χ3n) is 8.22. The maximum Gasteiger partial charge on any atom is 0.355 e. The van der Waals surface area contributed by atoms with Crippen LogP contribution in [0, 0.1) is 12.7 Å².